The molecule has 5 nitrogen and oxygen atoms in total. The van der Waals surface area contributed by atoms with Gasteiger partial charge in [0.1, 0.15) is 17.0 Å². The Kier molecular flexibility index (Phi) is 3.33. The van der Waals surface area contributed by atoms with Crippen molar-refractivity contribution >= 4 is 27.4 Å². The molecule has 3 aromatic heterocycles. The van der Waals surface area contributed by atoms with Gasteiger partial charge >= 0.3 is 0 Å². The maximum atomic E-state index is 4.57. The Labute approximate surface area is 133 Å². The van der Waals surface area contributed by atoms with Gasteiger partial charge in [0.15, 0.2) is 0 Å². The summed E-state index contributed by atoms with van der Waals surface area (Å²) >= 11 is 1.70. The molecule has 6 heteroatoms. The second-order valence-corrected chi connectivity index (χ2v) is 6.83. The van der Waals surface area contributed by atoms with Crippen LogP contribution in [0.4, 0.5) is 5.82 Å². The largest absolute Gasteiger partial charge is 0.356 e. The number of imidazole rings is 1. The number of H-pyrrole nitrogens is 1. The van der Waals surface area contributed by atoms with Crippen molar-refractivity contribution in [2.24, 2.45) is 0 Å². The summed E-state index contributed by atoms with van der Waals surface area (Å²) in [4.78, 5) is 20.1. The van der Waals surface area contributed by atoms with Crippen molar-refractivity contribution in [1.82, 2.24) is 19.9 Å². The van der Waals surface area contributed by atoms with Crippen LogP contribution in [0.15, 0.2) is 18.0 Å². The number of aromatic nitrogens is 4. The first-order chi connectivity index (χ1) is 10.7. The van der Waals surface area contributed by atoms with Gasteiger partial charge < -0.3 is 9.88 Å². The molecule has 3 aromatic rings. The zero-order valence-corrected chi connectivity index (χ0v) is 13.7. The lowest BCUT2D eigenvalue weighted by Gasteiger charge is -2.32. The summed E-state index contributed by atoms with van der Waals surface area (Å²) in [6.45, 7) is 6.31. The smallest absolute Gasteiger partial charge is 0.141 e. The van der Waals surface area contributed by atoms with Crippen molar-refractivity contribution < 1.29 is 0 Å². The molecule has 0 radical (unpaired) electrons. The minimum atomic E-state index is 0.559. The topological polar surface area (TPSA) is 57.7 Å². The van der Waals surface area contributed by atoms with Gasteiger partial charge in [-0.25, -0.2) is 15.0 Å². The second kappa shape index (κ2) is 5.35. The van der Waals surface area contributed by atoms with E-state index in [0.717, 1.165) is 36.6 Å². The van der Waals surface area contributed by atoms with Gasteiger partial charge in [-0.3, -0.25) is 0 Å². The summed E-state index contributed by atoms with van der Waals surface area (Å²) in [7, 11) is 0. The summed E-state index contributed by atoms with van der Waals surface area (Å²) in [5.74, 6) is 1.66. The summed E-state index contributed by atoms with van der Waals surface area (Å²) < 4.78 is 0. The lowest BCUT2D eigenvalue weighted by Crippen LogP contribution is -2.34. The first-order valence-electron chi connectivity index (χ1n) is 7.67. The van der Waals surface area contributed by atoms with Crippen LogP contribution >= 0.6 is 11.3 Å². The van der Waals surface area contributed by atoms with Crippen LogP contribution in [0, 0.1) is 13.8 Å². The monoisotopic (exact) mass is 313 g/mol. The fourth-order valence-corrected chi connectivity index (χ4v) is 4.27. The Hall–Kier alpha value is -1.95. The van der Waals surface area contributed by atoms with Gasteiger partial charge in [-0.05, 0) is 37.6 Å². The zero-order chi connectivity index (χ0) is 15.1. The van der Waals surface area contributed by atoms with E-state index in [4.69, 9.17) is 0 Å². The molecule has 0 spiro atoms. The van der Waals surface area contributed by atoms with Crippen LogP contribution in [-0.2, 0) is 0 Å². The van der Waals surface area contributed by atoms with Gasteiger partial charge in [0, 0.05) is 24.7 Å². The zero-order valence-electron chi connectivity index (χ0n) is 12.8. The fraction of sp³-hybridized carbons (Fsp3) is 0.438. The van der Waals surface area contributed by atoms with Gasteiger partial charge in [-0.1, -0.05) is 0 Å². The van der Waals surface area contributed by atoms with Gasteiger partial charge in [0.2, 0.25) is 0 Å². The van der Waals surface area contributed by atoms with E-state index >= 15 is 0 Å². The molecule has 0 bridgehead atoms. The average Bonchev–Trinajstić information content (AvgIpc) is 3.14. The Balaban J connectivity index is 1.58. The SMILES string of the molecule is Cc1[nH]cnc1C1CCN(c2ncnc3scc(C)c23)CC1. The molecule has 114 valence electrons. The molecule has 4 rings (SSSR count). The molecule has 0 unspecified atom stereocenters. The average molecular weight is 313 g/mol. The van der Waals surface area contributed by atoms with Gasteiger partial charge in [-0.2, -0.15) is 0 Å². The Bertz CT molecular complexity index is 798. The summed E-state index contributed by atoms with van der Waals surface area (Å²) in [5.41, 5.74) is 3.72. The lowest BCUT2D eigenvalue weighted by atomic mass is 9.92. The molecule has 4 heterocycles. The Morgan fingerprint density at radius 2 is 2.00 bits per heavy atom. The number of anilines is 1. The third kappa shape index (κ3) is 2.18. The maximum absolute atomic E-state index is 4.57. The normalized spacial score (nSPS) is 16.5. The number of piperidine rings is 1. The molecule has 1 saturated heterocycles. The molecule has 0 atom stereocenters. The van der Waals surface area contributed by atoms with E-state index in [1.807, 2.05) is 0 Å². The number of rotatable bonds is 2. The molecule has 0 amide bonds. The van der Waals surface area contributed by atoms with Crippen LogP contribution in [-0.4, -0.2) is 33.0 Å². The molecule has 1 N–H and O–H groups in total. The van der Waals surface area contributed by atoms with E-state index in [1.165, 1.54) is 22.3 Å². The summed E-state index contributed by atoms with van der Waals surface area (Å²) in [6.07, 6.45) is 5.75. The summed E-state index contributed by atoms with van der Waals surface area (Å²) in [6, 6.07) is 0. The van der Waals surface area contributed by atoms with Gasteiger partial charge in [-0.15, -0.1) is 11.3 Å². The van der Waals surface area contributed by atoms with Crippen LogP contribution in [0.5, 0.6) is 0 Å². The number of aromatic amines is 1. The third-order valence-electron chi connectivity index (χ3n) is 4.58. The predicted molar refractivity (Wildman–Crippen MR) is 89.7 cm³/mol. The first-order valence-corrected chi connectivity index (χ1v) is 8.55. The number of aryl methyl sites for hydroxylation is 2. The van der Waals surface area contributed by atoms with Crippen molar-refractivity contribution in [1.29, 1.82) is 0 Å². The number of thiophene rings is 1. The predicted octanol–water partition coefficient (Wildman–Crippen LogP) is 3.42. The number of hydrogen-bond donors (Lipinski definition) is 1. The van der Waals surface area contributed by atoms with E-state index in [2.05, 4.69) is 44.1 Å². The highest BCUT2D eigenvalue weighted by molar-refractivity contribution is 7.17. The Morgan fingerprint density at radius 1 is 1.18 bits per heavy atom. The number of fused-ring (bicyclic) bond motifs is 1. The van der Waals surface area contributed by atoms with Gasteiger partial charge in [0.05, 0.1) is 17.4 Å². The Morgan fingerprint density at radius 3 is 2.73 bits per heavy atom. The molecule has 1 aliphatic rings. The number of nitrogens with one attached hydrogen (secondary N) is 1. The second-order valence-electron chi connectivity index (χ2n) is 5.97. The molecular formula is C16H19N5S. The third-order valence-corrected chi connectivity index (χ3v) is 5.59. The highest BCUT2D eigenvalue weighted by atomic mass is 32.1. The van der Waals surface area contributed by atoms with E-state index in [0.29, 0.717) is 5.92 Å². The van der Waals surface area contributed by atoms with Crippen molar-refractivity contribution in [2.45, 2.75) is 32.6 Å². The van der Waals surface area contributed by atoms with Crippen molar-refractivity contribution in [3.63, 3.8) is 0 Å². The van der Waals surface area contributed by atoms with Crippen LogP contribution in [0.25, 0.3) is 10.2 Å². The lowest BCUT2D eigenvalue weighted by molar-refractivity contribution is 0.494. The minimum Gasteiger partial charge on any atom is -0.356 e. The van der Waals surface area contributed by atoms with Gasteiger partial charge in [0.25, 0.3) is 0 Å². The molecule has 1 fully saturated rings. The molecular weight excluding hydrogens is 294 g/mol. The number of hydrogen-bond acceptors (Lipinski definition) is 5. The number of nitrogens with zero attached hydrogens (tertiary/aromatic N) is 4. The molecule has 0 aliphatic carbocycles. The van der Waals surface area contributed by atoms with Crippen molar-refractivity contribution in [2.75, 3.05) is 18.0 Å². The maximum Gasteiger partial charge on any atom is 0.141 e. The van der Waals surface area contributed by atoms with Crippen LogP contribution in [0.2, 0.25) is 0 Å². The highest BCUT2D eigenvalue weighted by Crippen LogP contribution is 2.35. The van der Waals surface area contributed by atoms with Crippen molar-refractivity contribution in [3.05, 3.63) is 35.0 Å². The van der Waals surface area contributed by atoms with E-state index in [1.54, 1.807) is 24.0 Å². The highest BCUT2D eigenvalue weighted by Gasteiger charge is 2.25. The van der Waals surface area contributed by atoms with Crippen molar-refractivity contribution in [3.8, 4) is 0 Å². The minimum absolute atomic E-state index is 0.559. The standard InChI is InChI=1S/C16H19N5S/c1-10-7-22-16-13(10)15(19-9-20-16)21-5-3-12(4-6-21)14-11(2)17-8-18-14/h7-9,12H,3-6H2,1-2H3,(H,17,18). The quantitative estimate of drug-likeness (QED) is 0.787. The first kappa shape index (κ1) is 13.7. The molecule has 1 aliphatic heterocycles. The molecule has 22 heavy (non-hydrogen) atoms. The molecule has 0 aromatic carbocycles. The molecule has 0 saturated carbocycles. The van der Waals surface area contributed by atoms with E-state index in [9.17, 15) is 0 Å². The van der Waals surface area contributed by atoms with E-state index < -0.39 is 0 Å². The summed E-state index contributed by atoms with van der Waals surface area (Å²) in [5, 5.41) is 3.39. The van der Waals surface area contributed by atoms with Crippen LogP contribution in [0.3, 0.4) is 0 Å². The van der Waals surface area contributed by atoms with Crippen LogP contribution < -0.4 is 4.90 Å². The van der Waals surface area contributed by atoms with Crippen LogP contribution in [0.1, 0.15) is 35.7 Å². The fourth-order valence-electron chi connectivity index (χ4n) is 3.38. The van der Waals surface area contributed by atoms with E-state index in [-0.39, 0.29) is 0 Å².